The molecular formula is C6H15N3. The van der Waals surface area contributed by atoms with Crippen LogP contribution in [-0.4, -0.2) is 38.1 Å². The molecule has 1 fully saturated rings. The van der Waals surface area contributed by atoms with Crippen molar-refractivity contribution in [2.75, 3.05) is 27.2 Å². The molecule has 0 aromatic rings. The Morgan fingerprint density at radius 3 is 2.78 bits per heavy atom. The van der Waals surface area contributed by atoms with Crippen LogP contribution in [0.3, 0.4) is 0 Å². The number of rotatable bonds is 2. The minimum absolute atomic E-state index is 0.653. The van der Waals surface area contributed by atoms with Gasteiger partial charge >= 0.3 is 0 Å². The van der Waals surface area contributed by atoms with Gasteiger partial charge in [0, 0.05) is 12.6 Å². The Morgan fingerprint density at radius 2 is 2.33 bits per heavy atom. The van der Waals surface area contributed by atoms with Gasteiger partial charge in [-0.05, 0) is 27.1 Å². The molecule has 1 aliphatic heterocycles. The summed E-state index contributed by atoms with van der Waals surface area (Å²) in [5, 5.41) is 0. The second-order valence-electron chi connectivity index (χ2n) is 2.64. The molecule has 1 aliphatic rings. The molecule has 54 valence electrons. The van der Waals surface area contributed by atoms with Crippen LogP contribution >= 0.6 is 0 Å². The smallest absolute Gasteiger partial charge is 0.0352 e. The highest BCUT2D eigenvalue weighted by Crippen LogP contribution is 2.04. The molecule has 3 nitrogen and oxygen atoms in total. The monoisotopic (exact) mass is 129 g/mol. The molecular weight excluding hydrogens is 114 g/mol. The van der Waals surface area contributed by atoms with Crippen LogP contribution in [0.4, 0.5) is 0 Å². The predicted molar refractivity (Wildman–Crippen MR) is 38.1 cm³/mol. The third kappa shape index (κ3) is 1.93. The van der Waals surface area contributed by atoms with Gasteiger partial charge < -0.3 is 4.90 Å². The van der Waals surface area contributed by atoms with E-state index in [1.165, 1.54) is 19.5 Å². The molecule has 0 saturated carbocycles. The molecule has 0 amide bonds. The van der Waals surface area contributed by atoms with E-state index in [9.17, 15) is 0 Å². The highest BCUT2D eigenvalue weighted by Gasteiger charge is 2.17. The highest BCUT2D eigenvalue weighted by atomic mass is 15.4. The predicted octanol–water partition coefficient (Wildman–Crippen LogP) is -0.585. The van der Waals surface area contributed by atoms with E-state index >= 15 is 0 Å². The second-order valence-corrected chi connectivity index (χ2v) is 2.64. The molecule has 0 bridgehead atoms. The summed E-state index contributed by atoms with van der Waals surface area (Å²) in [7, 11) is 4.07. The van der Waals surface area contributed by atoms with Gasteiger partial charge in [0.2, 0.25) is 0 Å². The summed E-state index contributed by atoms with van der Waals surface area (Å²) in [6.45, 7) is 2.39. The average Bonchev–Trinajstić information content (AvgIpc) is 2.17. The van der Waals surface area contributed by atoms with Crippen molar-refractivity contribution in [3.05, 3.63) is 0 Å². The number of hydrazine groups is 1. The third-order valence-electron chi connectivity index (χ3n) is 1.74. The molecule has 9 heavy (non-hydrogen) atoms. The van der Waals surface area contributed by atoms with Crippen molar-refractivity contribution in [3.63, 3.8) is 0 Å². The first-order valence-corrected chi connectivity index (χ1v) is 3.43. The van der Waals surface area contributed by atoms with E-state index in [4.69, 9.17) is 0 Å². The zero-order chi connectivity index (χ0) is 6.69. The number of likely N-dealkylation sites (tertiary alicyclic amines) is 1. The Morgan fingerprint density at radius 1 is 1.56 bits per heavy atom. The number of hydrogen-bond acceptors (Lipinski definition) is 3. The van der Waals surface area contributed by atoms with E-state index in [0.717, 1.165) is 0 Å². The van der Waals surface area contributed by atoms with Crippen LogP contribution in [-0.2, 0) is 0 Å². The molecule has 1 rings (SSSR count). The van der Waals surface area contributed by atoms with Crippen LogP contribution < -0.4 is 10.9 Å². The van der Waals surface area contributed by atoms with Gasteiger partial charge in [-0.3, -0.25) is 10.9 Å². The van der Waals surface area contributed by atoms with Gasteiger partial charge in [0.05, 0.1) is 0 Å². The fraction of sp³-hybridized carbons (Fsp3) is 1.00. The Bertz CT molecular complexity index is 82.4. The van der Waals surface area contributed by atoms with Crippen LogP contribution in [0.15, 0.2) is 0 Å². The van der Waals surface area contributed by atoms with Gasteiger partial charge in [-0.1, -0.05) is 0 Å². The molecule has 1 heterocycles. The SMILES string of the molecule is CNNC1CCN(C)C1. The molecule has 0 aromatic heterocycles. The number of likely N-dealkylation sites (N-methyl/N-ethyl adjacent to an activating group) is 1. The van der Waals surface area contributed by atoms with E-state index in [-0.39, 0.29) is 0 Å². The van der Waals surface area contributed by atoms with Crippen molar-refractivity contribution < 1.29 is 0 Å². The standard InChI is InChI=1S/C6H15N3/c1-7-8-6-3-4-9(2)5-6/h6-8H,3-5H2,1-2H3. The Balaban J connectivity index is 2.14. The van der Waals surface area contributed by atoms with Crippen molar-refractivity contribution in [1.29, 1.82) is 0 Å². The summed E-state index contributed by atoms with van der Waals surface area (Å²) in [4.78, 5) is 2.33. The minimum atomic E-state index is 0.653. The van der Waals surface area contributed by atoms with E-state index in [0.29, 0.717) is 6.04 Å². The van der Waals surface area contributed by atoms with Crippen molar-refractivity contribution in [1.82, 2.24) is 15.8 Å². The Kier molecular flexibility index (Phi) is 2.45. The van der Waals surface area contributed by atoms with Gasteiger partial charge in [-0.25, -0.2) is 0 Å². The van der Waals surface area contributed by atoms with E-state index in [1.54, 1.807) is 0 Å². The van der Waals surface area contributed by atoms with Crippen LogP contribution in [0.25, 0.3) is 0 Å². The molecule has 3 heteroatoms. The van der Waals surface area contributed by atoms with E-state index in [2.05, 4.69) is 22.8 Å². The molecule has 0 aliphatic carbocycles. The molecule has 1 saturated heterocycles. The van der Waals surface area contributed by atoms with E-state index < -0.39 is 0 Å². The fourth-order valence-electron chi connectivity index (χ4n) is 1.26. The zero-order valence-corrected chi connectivity index (χ0v) is 6.15. The normalized spacial score (nSPS) is 29.3. The maximum atomic E-state index is 3.18. The second kappa shape index (κ2) is 3.15. The summed E-state index contributed by atoms with van der Waals surface area (Å²) in [6.07, 6.45) is 1.26. The van der Waals surface area contributed by atoms with Crippen LogP contribution in [0, 0.1) is 0 Å². The van der Waals surface area contributed by atoms with Crippen LogP contribution in [0.5, 0.6) is 0 Å². The average molecular weight is 129 g/mol. The maximum absolute atomic E-state index is 3.18. The first-order valence-electron chi connectivity index (χ1n) is 3.43. The number of hydrogen-bond donors (Lipinski definition) is 2. The van der Waals surface area contributed by atoms with Crippen molar-refractivity contribution in [3.8, 4) is 0 Å². The van der Waals surface area contributed by atoms with Gasteiger partial charge in [-0.15, -0.1) is 0 Å². The van der Waals surface area contributed by atoms with Crippen LogP contribution in [0.1, 0.15) is 6.42 Å². The quantitative estimate of drug-likeness (QED) is 0.488. The Labute approximate surface area is 56.4 Å². The van der Waals surface area contributed by atoms with E-state index in [1.807, 2.05) is 7.05 Å². The summed E-state index contributed by atoms with van der Waals surface area (Å²) in [6, 6.07) is 0.653. The first kappa shape index (κ1) is 6.99. The molecule has 0 spiro atoms. The highest BCUT2D eigenvalue weighted by molar-refractivity contribution is 4.76. The number of nitrogens with zero attached hydrogens (tertiary/aromatic N) is 1. The summed E-state index contributed by atoms with van der Waals surface area (Å²) < 4.78 is 0. The van der Waals surface area contributed by atoms with Crippen LogP contribution in [0.2, 0.25) is 0 Å². The van der Waals surface area contributed by atoms with Gasteiger partial charge in [0.15, 0.2) is 0 Å². The summed E-state index contributed by atoms with van der Waals surface area (Å²) in [5.41, 5.74) is 6.14. The minimum Gasteiger partial charge on any atom is -0.305 e. The lowest BCUT2D eigenvalue weighted by Gasteiger charge is -2.10. The van der Waals surface area contributed by atoms with Gasteiger partial charge in [-0.2, -0.15) is 0 Å². The third-order valence-corrected chi connectivity index (χ3v) is 1.74. The van der Waals surface area contributed by atoms with Crippen molar-refractivity contribution in [2.45, 2.75) is 12.5 Å². The largest absolute Gasteiger partial charge is 0.305 e. The number of nitrogens with one attached hydrogen (secondary N) is 2. The molecule has 1 atom stereocenters. The van der Waals surface area contributed by atoms with Crippen molar-refractivity contribution >= 4 is 0 Å². The fourth-order valence-corrected chi connectivity index (χ4v) is 1.26. The molecule has 1 unspecified atom stereocenters. The lowest BCUT2D eigenvalue weighted by Crippen LogP contribution is -2.39. The zero-order valence-electron chi connectivity index (χ0n) is 6.15. The Hall–Kier alpha value is -0.120. The summed E-state index contributed by atoms with van der Waals surface area (Å²) >= 11 is 0. The lowest BCUT2D eigenvalue weighted by atomic mass is 10.3. The molecule has 0 aromatic carbocycles. The summed E-state index contributed by atoms with van der Waals surface area (Å²) in [5.74, 6) is 0. The first-order chi connectivity index (χ1) is 4.33. The maximum Gasteiger partial charge on any atom is 0.0352 e. The molecule has 0 radical (unpaired) electrons. The van der Waals surface area contributed by atoms with Gasteiger partial charge in [0.1, 0.15) is 0 Å². The van der Waals surface area contributed by atoms with Gasteiger partial charge in [0.25, 0.3) is 0 Å². The topological polar surface area (TPSA) is 27.3 Å². The van der Waals surface area contributed by atoms with Crippen molar-refractivity contribution in [2.24, 2.45) is 0 Å². The lowest BCUT2D eigenvalue weighted by molar-refractivity contribution is 0.388. The molecule has 2 N–H and O–H groups in total.